The fourth-order valence-electron chi connectivity index (χ4n) is 3.42. The highest BCUT2D eigenvalue weighted by Gasteiger charge is 2.41. The Hall–Kier alpha value is -0.900. The van der Waals surface area contributed by atoms with Crippen molar-refractivity contribution >= 4 is 0 Å². The number of benzene rings is 1. The van der Waals surface area contributed by atoms with Crippen LogP contribution in [0.1, 0.15) is 43.4 Å². The average molecular weight is 275 g/mol. The zero-order valence-electron chi connectivity index (χ0n) is 12.5. The molecular weight excluding hydrogens is 250 g/mol. The van der Waals surface area contributed by atoms with E-state index in [2.05, 4.69) is 43.4 Å². The van der Waals surface area contributed by atoms with Crippen molar-refractivity contribution in [1.29, 1.82) is 0 Å². The topological polar surface area (TPSA) is 30.5 Å². The van der Waals surface area contributed by atoms with Crippen molar-refractivity contribution in [2.24, 2.45) is 0 Å². The van der Waals surface area contributed by atoms with E-state index in [4.69, 9.17) is 9.47 Å². The van der Waals surface area contributed by atoms with Gasteiger partial charge in [0.25, 0.3) is 0 Å². The van der Waals surface area contributed by atoms with Crippen molar-refractivity contribution in [3.05, 3.63) is 35.4 Å². The van der Waals surface area contributed by atoms with Gasteiger partial charge in [-0.25, -0.2) is 0 Å². The molecule has 0 radical (unpaired) electrons. The molecule has 1 spiro atoms. The first-order valence-electron chi connectivity index (χ1n) is 7.71. The number of rotatable bonds is 3. The first-order valence-corrected chi connectivity index (χ1v) is 7.71. The van der Waals surface area contributed by atoms with Gasteiger partial charge in [0.15, 0.2) is 0 Å². The molecule has 20 heavy (non-hydrogen) atoms. The highest BCUT2D eigenvalue weighted by Crippen LogP contribution is 2.33. The minimum atomic E-state index is -0.0117. The first kappa shape index (κ1) is 14.1. The molecule has 0 bridgehead atoms. The van der Waals surface area contributed by atoms with Crippen LogP contribution in [-0.2, 0) is 9.47 Å². The Morgan fingerprint density at radius 3 is 3.00 bits per heavy atom. The summed E-state index contributed by atoms with van der Waals surface area (Å²) in [5.41, 5.74) is 2.68. The van der Waals surface area contributed by atoms with Crippen molar-refractivity contribution in [3.8, 4) is 0 Å². The highest BCUT2D eigenvalue weighted by molar-refractivity contribution is 5.24. The summed E-state index contributed by atoms with van der Waals surface area (Å²) in [6, 6.07) is 9.68. The lowest BCUT2D eigenvalue weighted by molar-refractivity contribution is -0.0902. The molecule has 2 aliphatic rings. The maximum Gasteiger partial charge on any atom is 0.0951 e. The molecule has 3 nitrogen and oxygen atoms in total. The van der Waals surface area contributed by atoms with Gasteiger partial charge in [-0.15, -0.1) is 0 Å². The van der Waals surface area contributed by atoms with E-state index in [1.165, 1.54) is 11.1 Å². The van der Waals surface area contributed by atoms with Crippen LogP contribution < -0.4 is 5.32 Å². The number of nitrogens with one attached hydrogen (secondary N) is 1. The van der Waals surface area contributed by atoms with Crippen molar-refractivity contribution in [2.75, 3.05) is 19.8 Å². The van der Waals surface area contributed by atoms with Gasteiger partial charge >= 0.3 is 0 Å². The van der Waals surface area contributed by atoms with E-state index in [1.54, 1.807) is 0 Å². The monoisotopic (exact) mass is 275 g/mol. The van der Waals surface area contributed by atoms with E-state index >= 15 is 0 Å². The molecule has 1 N–H and O–H groups in total. The molecule has 0 aliphatic carbocycles. The Morgan fingerprint density at radius 1 is 1.35 bits per heavy atom. The van der Waals surface area contributed by atoms with Gasteiger partial charge < -0.3 is 14.8 Å². The lowest BCUT2D eigenvalue weighted by Gasteiger charge is -2.38. The van der Waals surface area contributed by atoms with Crippen molar-refractivity contribution < 1.29 is 9.47 Å². The predicted molar refractivity (Wildman–Crippen MR) is 79.9 cm³/mol. The van der Waals surface area contributed by atoms with Gasteiger partial charge in [0, 0.05) is 31.7 Å². The largest absolute Gasteiger partial charge is 0.378 e. The summed E-state index contributed by atoms with van der Waals surface area (Å²) in [7, 11) is 0. The van der Waals surface area contributed by atoms with E-state index < -0.39 is 0 Å². The van der Waals surface area contributed by atoms with Gasteiger partial charge in [0.1, 0.15) is 0 Å². The molecule has 0 amide bonds. The van der Waals surface area contributed by atoms with Gasteiger partial charge in [-0.05, 0) is 32.3 Å². The molecule has 0 saturated carbocycles. The van der Waals surface area contributed by atoms with Gasteiger partial charge in [-0.2, -0.15) is 0 Å². The summed E-state index contributed by atoms with van der Waals surface area (Å²) >= 11 is 0. The van der Waals surface area contributed by atoms with Crippen LogP contribution in [0.25, 0.3) is 0 Å². The summed E-state index contributed by atoms with van der Waals surface area (Å²) in [5, 5.41) is 3.78. The van der Waals surface area contributed by atoms with E-state index in [0.717, 1.165) is 39.1 Å². The molecule has 1 aromatic carbocycles. The maximum atomic E-state index is 6.00. The third-order valence-corrected chi connectivity index (χ3v) is 4.59. The van der Waals surface area contributed by atoms with E-state index in [1.807, 2.05) is 0 Å². The van der Waals surface area contributed by atoms with Crippen molar-refractivity contribution in [3.63, 3.8) is 0 Å². The lowest BCUT2D eigenvalue weighted by Crippen LogP contribution is -2.48. The standard InChI is InChI=1S/C17H25NO2/c1-13-4-3-5-15(10-13)14(2)18-16-6-8-20-17(11-16)7-9-19-12-17/h3-5,10,14,16,18H,6-9,11-12H2,1-2H3/t14-,16?,17?/m1/s1. The smallest absolute Gasteiger partial charge is 0.0951 e. The Kier molecular flexibility index (Phi) is 4.11. The summed E-state index contributed by atoms with van der Waals surface area (Å²) < 4.78 is 11.5. The van der Waals surface area contributed by atoms with Gasteiger partial charge in [0.05, 0.1) is 12.2 Å². The van der Waals surface area contributed by atoms with Crippen molar-refractivity contribution in [2.45, 2.75) is 50.8 Å². The van der Waals surface area contributed by atoms with Gasteiger partial charge in [-0.3, -0.25) is 0 Å². The zero-order chi connectivity index (χ0) is 14.0. The maximum absolute atomic E-state index is 6.00. The number of hydrogen-bond donors (Lipinski definition) is 1. The summed E-state index contributed by atoms with van der Waals surface area (Å²) in [6.07, 6.45) is 3.21. The molecule has 2 heterocycles. The minimum absolute atomic E-state index is 0.0117. The predicted octanol–water partition coefficient (Wildman–Crippen LogP) is 2.98. The third-order valence-electron chi connectivity index (χ3n) is 4.59. The lowest BCUT2D eigenvalue weighted by atomic mass is 9.89. The van der Waals surface area contributed by atoms with E-state index in [9.17, 15) is 0 Å². The molecule has 2 aliphatic heterocycles. The molecule has 3 rings (SSSR count). The molecule has 0 aromatic heterocycles. The summed E-state index contributed by atoms with van der Waals surface area (Å²) in [5.74, 6) is 0. The van der Waals surface area contributed by atoms with Crippen LogP contribution in [0.5, 0.6) is 0 Å². The van der Waals surface area contributed by atoms with E-state index in [0.29, 0.717) is 12.1 Å². The number of ether oxygens (including phenoxy) is 2. The zero-order valence-corrected chi connectivity index (χ0v) is 12.5. The summed E-state index contributed by atoms with van der Waals surface area (Å²) in [6.45, 7) is 6.86. The molecule has 3 heteroatoms. The van der Waals surface area contributed by atoms with Gasteiger partial charge in [-0.1, -0.05) is 29.8 Å². The second-order valence-corrected chi connectivity index (χ2v) is 6.33. The second kappa shape index (κ2) is 5.84. The SMILES string of the molecule is Cc1cccc([C@@H](C)NC2CCOC3(CCOC3)C2)c1. The normalized spacial score (nSPS) is 31.6. The van der Waals surface area contributed by atoms with Crippen LogP contribution in [0.3, 0.4) is 0 Å². The molecular formula is C17H25NO2. The van der Waals surface area contributed by atoms with E-state index in [-0.39, 0.29) is 5.60 Å². The van der Waals surface area contributed by atoms with Crippen LogP contribution >= 0.6 is 0 Å². The molecule has 110 valence electrons. The summed E-state index contributed by atoms with van der Waals surface area (Å²) in [4.78, 5) is 0. The first-order chi connectivity index (χ1) is 9.67. The third kappa shape index (κ3) is 3.05. The number of aryl methyl sites for hydroxylation is 1. The fourth-order valence-corrected chi connectivity index (χ4v) is 3.42. The molecule has 2 fully saturated rings. The second-order valence-electron chi connectivity index (χ2n) is 6.33. The fraction of sp³-hybridized carbons (Fsp3) is 0.647. The van der Waals surface area contributed by atoms with Crippen LogP contribution in [0, 0.1) is 6.92 Å². The van der Waals surface area contributed by atoms with Crippen LogP contribution in [0.4, 0.5) is 0 Å². The highest BCUT2D eigenvalue weighted by atomic mass is 16.6. The Bertz CT molecular complexity index is 454. The Balaban J connectivity index is 1.62. The van der Waals surface area contributed by atoms with Gasteiger partial charge in [0.2, 0.25) is 0 Å². The molecule has 1 aromatic rings. The van der Waals surface area contributed by atoms with Crippen LogP contribution in [0.2, 0.25) is 0 Å². The minimum Gasteiger partial charge on any atom is -0.378 e. The average Bonchev–Trinajstić information content (AvgIpc) is 2.87. The number of hydrogen-bond acceptors (Lipinski definition) is 3. The van der Waals surface area contributed by atoms with Crippen LogP contribution in [0.15, 0.2) is 24.3 Å². The quantitative estimate of drug-likeness (QED) is 0.920. The van der Waals surface area contributed by atoms with Crippen molar-refractivity contribution in [1.82, 2.24) is 5.32 Å². The van der Waals surface area contributed by atoms with Crippen LogP contribution in [-0.4, -0.2) is 31.5 Å². The Labute approximate surface area is 121 Å². The molecule has 2 saturated heterocycles. The molecule has 2 unspecified atom stereocenters. The molecule has 3 atom stereocenters. The Morgan fingerprint density at radius 2 is 2.25 bits per heavy atom.